The van der Waals surface area contributed by atoms with Crippen LogP contribution in [0.2, 0.25) is 0 Å². The first kappa shape index (κ1) is 11.1. The van der Waals surface area contributed by atoms with E-state index in [1.54, 1.807) is 0 Å². The maximum Gasteiger partial charge on any atom is 0.366 e. The number of carbonyl (C=O) groups excluding carboxylic acids is 1. The van der Waals surface area contributed by atoms with Gasteiger partial charge < -0.3 is 4.74 Å². The summed E-state index contributed by atoms with van der Waals surface area (Å²) in [5.74, 6) is -1.34. The Morgan fingerprint density at radius 2 is 1.92 bits per heavy atom. The number of methoxy groups -OCH3 is 1. The summed E-state index contributed by atoms with van der Waals surface area (Å²) in [6.45, 7) is 5.78. The Labute approximate surface area is 72.4 Å². The maximum atomic E-state index is 12.8. The molecule has 0 aromatic rings. The minimum absolute atomic E-state index is 0.0455. The Kier molecular flexibility index (Phi) is 4.55. The molecule has 0 aromatic carbocycles. The van der Waals surface area contributed by atoms with Gasteiger partial charge in [-0.05, 0) is 17.9 Å². The van der Waals surface area contributed by atoms with Crippen LogP contribution in [0.4, 0.5) is 4.39 Å². The molecule has 0 aromatic heterocycles. The minimum Gasteiger partial charge on any atom is -0.464 e. The molecule has 2 nitrogen and oxygen atoms in total. The molecular weight excluding hydrogens is 159 g/mol. The first-order chi connectivity index (χ1) is 5.49. The van der Waals surface area contributed by atoms with Gasteiger partial charge in [0.1, 0.15) is 0 Å². The van der Waals surface area contributed by atoms with E-state index in [9.17, 15) is 9.18 Å². The van der Waals surface area contributed by atoms with Gasteiger partial charge in [0, 0.05) is 0 Å². The zero-order valence-electron chi connectivity index (χ0n) is 7.93. The molecule has 1 atom stereocenters. The van der Waals surface area contributed by atoms with Gasteiger partial charge in [-0.1, -0.05) is 20.8 Å². The minimum atomic E-state index is -0.900. The fourth-order valence-electron chi connectivity index (χ4n) is 0.589. The van der Waals surface area contributed by atoms with Gasteiger partial charge >= 0.3 is 5.97 Å². The molecule has 0 radical (unpaired) electrons. The van der Waals surface area contributed by atoms with Gasteiger partial charge in [-0.15, -0.1) is 0 Å². The third-order valence-electron chi connectivity index (χ3n) is 1.84. The highest BCUT2D eigenvalue weighted by molar-refractivity contribution is 5.85. The lowest BCUT2D eigenvalue weighted by Crippen LogP contribution is -2.05. The van der Waals surface area contributed by atoms with Crippen LogP contribution in [-0.2, 0) is 9.53 Å². The number of carbonyl (C=O) groups is 1. The Morgan fingerprint density at radius 3 is 2.25 bits per heavy atom. The first-order valence-electron chi connectivity index (χ1n) is 3.94. The molecule has 0 rings (SSSR count). The van der Waals surface area contributed by atoms with Crippen LogP contribution >= 0.6 is 0 Å². The summed E-state index contributed by atoms with van der Waals surface area (Å²) in [5.41, 5.74) is 0. The van der Waals surface area contributed by atoms with Crippen molar-refractivity contribution in [3.63, 3.8) is 0 Å². The smallest absolute Gasteiger partial charge is 0.366 e. The van der Waals surface area contributed by atoms with Crippen molar-refractivity contribution < 1.29 is 13.9 Å². The molecule has 0 bridgehead atoms. The van der Waals surface area contributed by atoms with Crippen LogP contribution in [-0.4, -0.2) is 13.1 Å². The van der Waals surface area contributed by atoms with Crippen LogP contribution in [0.3, 0.4) is 0 Å². The van der Waals surface area contributed by atoms with Crippen molar-refractivity contribution in [3.05, 3.63) is 11.9 Å². The highest BCUT2D eigenvalue weighted by Crippen LogP contribution is 2.14. The van der Waals surface area contributed by atoms with Crippen LogP contribution in [0.1, 0.15) is 20.8 Å². The largest absolute Gasteiger partial charge is 0.464 e. The summed E-state index contributed by atoms with van der Waals surface area (Å²) in [4.78, 5) is 10.6. The molecule has 0 N–H and O–H groups in total. The second-order valence-electron chi connectivity index (χ2n) is 3.11. The van der Waals surface area contributed by atoms with E-state index in [4.69, 9.17) is 0 Å². The molecule has 0 unspecified atom stereocenters. The predicted molar refractivity (Wildman–Crippen MR) is 45.2 cm³/mol. The highest BCUT2D eigenvalue weighted by atomic mass is 19.1. The van der Waals surface area contributed by atoms with Crippen LogP contribution in [0.15, 0.2) is 11.9 Å². The van der Waals surface area contributed by atoms with Crippen LogP contribution in [0, 0.1) is 11.8 Å². The van der Waals surface area contributed by atoms with Gasteiger partial charge in [0.05, 0.1) is 7.11 Å². The Bertz CT molecular complexity index is 185. The van der Waals surface area contributed by atoms with Crippen molar-refractivity contribution in [3.8, 4) is 0 Å². The van der Waals surface area contributed by atoms with Crippen molar-refractivity contribution in [1.82, 2.24) is 0 Å². The van der Waals surface area contributed by atoms with E-state index in [1.165, 1.54) is 6.08 Å². The lowest BCUT2D eigenvalue weighted by atomic mass is 9.97. The van der Waals surface area contributed by atoms with Crippen molar-refractivity contribution in [2.75, 3.05) is 7.11 Å². The van der Waals surface area contributed by atoms with Crippen molar-refractivity contribution in [2.24, 2.45) is 11.8 Å². The normalized spacial score (nSPS) is 14.7. The highest BCUT2D eigenvalue weighted by Gasteiger charge is 2.11. The zero-order chi connectivity index (χ0) is 9.72. The van der Waals surface area contributed by atoms with Crippen LogP contribution < -0.4 is 0 Å². The molecule has 0 aliphatic rings. The Balaban J connectivity index is 4.25. The molecule has 0 aliphatic carbocycles. The summed E-state index contributed by atoms with van der Waals surface area (Å²) < 4.78 is 17.0. The second-order valence-corrected chi connectivity index (χ2v) is 3.11. The van der Waals surface area contributed by atoms with E-state index < -0.39 is 11.8 Å². The SMILES string of the molecule is COC(=O)/C(F)=C\[C@@H](C)C(C)C. The van der Waals surface area contributed by atoms with Crippen LogP contribution in [0.25, 0.3) is 0 Å². The van der Waals surface area contributed by atoms with Gasteiger partial charge in [0.2, 0.25) is 5.83 Å². The molecule has 0 saturated heterocycles. The number of allylic oxidation sites excluding steroid dienone is 1. The average Bonchev–Trinajstić information content (AvgIpc) is 2.02. The monoisotopic (exact) mass is 174 g/mol. The molecule has 0 spiro atoms. The van der Waals surface area contributed by atoms with Gasteiger partial charge in [-0.2, -0.15) is 4.39 Å². The standard InChI is InChI=1S/C9H15FO2/c1-6(2)7(3)5-8(10)9(11)12-4/h5-7H,1-4H3/b8-5+/t7-/m1/s1. The Hall–Kier alpha value is -0.860. The number of halogens is 1. The molecule has 12 heavy (non-hydrogen) atoms. The van der Waals surface area contributed by atoms with Crippen molar-refractivity contribution in [1.29, 1.82) is 0 Å². The summed E-state index contributed by atoms with van der Waals surface area (Å²) >= 11 is 0. The zero-order valence-corrected chi connectivity index (χ0v) is 7.93. The van der Waals surface area contributed by atoms with E-state index in [0.29, 0.717) is 5.92 Å². The quantitative estimate of drug-likeness (QED) is 0.484. The average molecular weight is 174 g/mol. The number of rotatable bonds is 3. The molecular formula is C9H15FO2. The number of ether oxygens (including phenoxy) is 1. The van der Waals surface area contributed by atoms with E-state index >= 15 is 0 Å². The molecule has 3 heteroatoms. The molecule has 0 amide bonds. The second kappa shape index (κ2) is 4.91. The van der Waals surface area contributed by atoms with E-state index in [0.717, 1.165) is 7.11 Å². The fourth-order valence-corrected chi connectivity index (χ4v) is 0.589. The van der Waals surface area contributed by atoms with Gasteiger partial charge in [0.25, 0.3) is 0 Å². The van der Waals surface area contributed by atoms with E-state index in [1.807, 2.05) is 20.8 Å². The number of hydrogen-bond donors (Lipinski definition) is 0. The van der Waals surface area contributed by atoms with Crippen molar-refractivity contribution in [2.45, 2.75) is 20.8 Å². The third-order valence-corrected chi connectivity index (χ3v) is 1.84. The van der Waals surface area contributed by atoms with Gasteiger partial charge in [0.15, 0.2) is 0 Å². The Morgan fingerprint density at radius 1 is 1.42 bits per heavy atom. The van der Waals surface area contributed by atoms with Crippen molar-refractivity contribution >= 4 is 5.97 Å². The lowest BCUT2D eigenvalue weighted by Gasteiger charge is -2.09. The van der Waals surface area contributed by atoms with Gasteiger partial charge in [-0.25, -0.2) is 4.79 Å². The first-order valence-corrected chi connectivity index (χ1v) is 3.94. The van der Waals surface area contributed by atoms with E-state index in [2.05, 4.69) is 4.74 Å². The number of hydrogen-bond acceptors (Lipinski definition) is 2. The summed E-state index contributed by atoms with van der Waals surface area (Å²) in [6, 6.07) is 0. The molecule has 0 aliphatic heterocycles. The molecule has 0 heterocycles. The lowest BCUT2D eigenvalue weighted by molar-refractivity contribution is -0.137. The topological polar surface area (TPSA) is 26.3 Å². The van der Waals surface area contributed by atoms with Crippen LogP contribution in [0.5, 0.6) is 0 Å². The molecule has 0 fully saturated rings. The summed E-state index contributed by atoms with van der Waals surface area (Å²) in [5, 5.41) is 0. The van der Waals surface area contributed by atoms with E-state index in [-0.39, 0.29) is 5.92 Å². The molecule has 0 saturated carbocycles. The number of esters is 1. The van der Waals surface area contributed by atoms with Gasteiger partial charge in [-0.3, -0.25) is 0 Å². The predicted octanol–water partition coefficient (Wildman–Crippen LogP) is 2.30. The maximum absolute atomic E-state index is 12.8. The summed E-state index contributed by atoms with van der Waals surface area (Å²) in [7, 11) is 1.16. The molecule has 70 valence electrons. The third kappa shape index (κ3) is 3.51. The fraction of sp³-hybridized carbons (Fsp3) is 0.667. The summed E-state index contributed by atoms with van der Waals surface area (Å²) in [6.07, 6.45) is 1.29.